The normalized spacial score (nSPS) is 21.3. The number of anilines is 1. The fourth-order valence-corrected chi connectivity index (χ4v) is 5.76. The minimum Gasteiger partial charge on any atom is -0.368 e. The lowest BCUT2D eigenvalue weighted by Gasteiger charge is -2.40. The molecule has 2 heteroatoms. The van der Waals surface area contributed by atoms with Crippen LogP contribution in [0.25, 0.3) is 0 Å². The Hall–Kier alpha value is -1.80. The fraction of sp³-hybridized carbons (Fsp3) is 0.520. The summed E-state index contributed by atoms with van der Waals surface area (Å²) in [5.74, 6) is 0. The van der Waals surface area contributed by atoms with Crippen LogP contribution in [0.1, 0.15) is 44.2 Å². The molecule has 0 amide bonds. The molecule has 144 valence electrons. The third-order valence-corrected chi connectivity index (χ3v) is 7.44. The molecule has 0 bridgehead atoms. The van der Waals surface area contributed by atoms with Gasteiger partial charge in [0.15, 0.2) is 0 Å². The van der Waals surface area contributed by atoms with Crippen molar-refractivity contribution in [3.63, 3.8) is 0 Å². The number of hydrogen-bond acceptors (Lipinski definition) is 1. The number of fused-ring (bicyclic) bond motifs is 1. The summed E-state index contributed by atoms with van der Waals surface area (Å²) in [6, 6.07) is 21.6. The van der Waals surface area contributed by atoms with E-state index in [4.69, 9.17) is 0 Å². The van der Waals surface area contributed by atoms with Crippen molar-refractivity contribution in [1.29, 1.82) is 0 Å². The molecule has 1 atom stereocenters. The molecule has 27 heavy (non-hydrogen) atoms. The van der Waals surface area contributed by atoms with Gasteiger partial charge in [0.25, 0.3) is 0 Å². The first-order valence-electron chi connectivity index (χ1n) is 11.0. The summed E-state index contributed by atoms with van der Waals surface area (Å²) in [4.78, 5) is 2.72. The van der Waals surface area contributed by atoms with Crippen molar-refractivity contribution in [2.24, 2.45) is 0 Å². The van der Waals surface area contributed by atoms with E-state index in [1.165, 1.54) is 68.5 Å². The van der Waals surface area contributed by atoms with Gasteiger partial charge in [-0.25, -0.2) is 0 Å². The van der Waals surface area contributed by atoms with Gasteiger partial charge in [0.05, 0.1) is 25.7 Å². The lowest BCUT2D eigenvalue weighted by molar-refractivity contribution is -0.936. The topological polar surface area (TPSA) is 3.24 Å². The van der Waals surface area contributed by atoms with E-state index in [1.54, 1.807) is 11.1 Å². The Kier molecular flexibility index (Phi) is 5.54. The van der Waals surface area contributed by atoms with Crippen molar-refractivity contribution < 1.29 is 4.48 Å². The molecule has 4 rings (SSSR count). The zero-order valence-electron chi connectivity index (χ0n) is 17.1. The fourth-order valence-electron chi connectivity index (χ4n) is 5.76. The number of benzene rings is 2. The van der Waals surface area contributed by atoms with Gasteiger partial charge in [0.1, 0.15) is 0 Å². The molecule has 2 aromatic carbocycles. The van der Waals surface area contributed by atoms with Crippen LogP contribution < -0.4 is 4.90 Å². The molecule has 1 fully saturated rings. The molecule has 1 aliphatic heterocycles. The minimum atomic E-state index is 0.608. The Bertz CT molecular complexity index is 710. The molecule has 0 aromatic heterocycles. The van der Waals surface area contributed by atoms with E-state index in [0.717, 1.165) is 6.04 Å². The van der Waals surface area contributed by atoms with Gasteiger partial charge in [0, 0.05) is 37.5 Å². The second kappa shape index (κ2) is 8.06. The smallest absolute Gasteiger partial charge is 0.0909 e. The van der Waals surface area contributed by atoms with Crippen LogP contribution in [0.15, 0.2) is 54.6 Å². The Morgan fingerprint density at radius 1 is 0.889 bits per heavy atom. The molecule has 2 aliphatic rings. The third kappa shape index (κ3) is 3.65. The van der Waals surface area contributed by atoms with Gasteiger partial charge in [-0.05, 0) is 49.9 Å². The Labute approximate surface area is 165 Å². The molecule has 1 unspecified atom stereocenters. The lowest BCUT2D eigenvalue weighted by Crippen LogP contribution is -2.52. The van der Waals surface area contributed by atoms with E-state index in [9.17, 15) is 0 Å². The largest absolute Gasteiger partial charge is 0.368 e. The van der Waals surface area contributed by atoms with Crippen LogP contribution in [-0.2, 0) is 12.8 Å². The first kappa shape index (κ1) is 18.6. The van der Waals surface area contributed by atoms with E-state index in [0.29, 0.717) is 6.04 Å². The first-order valence-corrected chi connectivity index (χ1v) is 11.0. The average Bonchev–Trinajstić information content (AvgIpc) is 3.33. The van der Waals surface area contributed by atoms with Gasteiger partial charge >= 0.3 is 0 Å². The molecule has 1 heterocycles. The summed E-state index contributed by atoms with van der Waals surface area (Å²) in [5, 5.41) is 0. The highest BCUT2D eigenvalue weighted by Crippen LogP contribution is 2.32. The van der Waals surface area contributed by atoms with Gasteiger partial charge in [-0.15, -0.1) is 0 Å². The SMILES string of the molecule is CC[N+]1(CC)CCCC1CCN(c1ccccc1)C1Cc2ccccc2C1. The maximum Gasteiger partial charge on any atom is 0.0909 e. The predicted molar refractivity (Wildman–Crippen MR) is 115 cm³/mol. The van der Waals surface area contributed by atoms with Crippen LogP contribution in [0.4, 0.5) is 5.69 Å². The van der Waals surface area contributed by atoms with E-state index in [1.807, 2.05) is 0 Å². The molecule has 0 saturated carbocycles. The average molecular weight is 364 g/mol. The summed E-state index contributed by atoms with van der Waals surface area (Å²) in [7, 11) is 0. The quantitative estimate of drug-likeness (QED) is 0.621. The second-order valence-electron chi connectivity index (χ2n) is 8.52. The van der Waals surface area contributed by atoms with E-state index in [-0.39, 0.29) is 0 Å². The van der Waals surface area contributed by atoms with E-state index < -0.39 is 0 Å². The van der Waals surface area contributed by atoms with Crippen molar-refractivity contribution in [1.82, 2.24) is 0 Å². The zero-order valence-corrected chi connectivity index (χ0v) is 17.1. The van der Waals surface area contributed by atoms with Crippen LogP contribution in [0.2, 0.25) is 0 Å². The number of hydrogen-bond donors (Lipinski definition) is 0. The Morgan fingerprint density at radius 2 is 1.52 bits per heavy atom. The monoisotopic (exact) mass is 363 g/mol. The summed E-state index contributed by atoms with van der Waals surface area (Å²) in [5.41, 5.74) is 4.51. The predicted octanol–water partition coefficient (Wildman–Crippen LogP) is 5.07. The molecule has 1 saturated heterocycles. The highest BCUT2D eigenvalue weighted by Gasteiger charge is 2.39. The molecule has 2 nitrogen and oxygen atoms in total. The number of quaternary nitrogens is 1. The van der Waals surface area contributed by atoms with Gasteiger partial charge in [-0.1, -0.05) is 42.5 Å². The number of rotatable bonds is 7. The van der Waals surface area contributed by atoms with Crippen LogP contribution in [0, 0.1) is 0 Å². The van der Waals surface area contributed by atoms with Gasteiger partial charge in [0.2, 0.25) is 0 Å². The molecule has 0 radical (unpaired) electrons. The van der Waals surface area contributed by atoms with Crippen molar-refractivity contribution in [2.75, 3.05) is 31.1 Å². The summed E-state index contributed by atoms with van der Waals surface area (Å²) in [6.07, 6.45) is 6.53. The molecular weight excluding hydrogens is 328 g/mol. The highest BCUT2D eigenvalue weighted by atomic mass is 15.4. The summed E-state index contributed by atoms with van der Waals surface area (Å²) < 4.78 is 1.34. The van der Waals surface area contributed by atoms with Crippen molar-refractivity contribution in [3.05, 3.63) is 65.7 Å². The van der Waals surface area contributed by atoms with Crippen molar-refractivity contribution in [3.8, 4) is 0 Å². The number of likely N-dealkylation sites (tertiary alicyclic amines) is 1. The standard InChI is InChI=1S/C25H35N2/c1-3-27(4-2)18-10-15-25(27)16-17-26(23-13-6-5-7-14-23)24-19-21-11-8-9-12-22(21)20-24/h5-9,11-14,24-25H,3-4,10,15-20H2,1-2H3/q+1. The van der Waals surface area contributed by atoms with Crippen molar-refractivity contribution in [2.45, 2.75) is 58.0 Å². The van der Waals surface area contributed by atoms with Crippen LogP contribution in [0.5, 0.6) is 0 Å². The van der Waals surface area contributed by atoms with E-state index >= 15 is 0 Å². The summed E-state index contributed by atoms with van der Waals surface area (Å²) in [6.45, 7) is 9.95. The number of nitrogens with zero attached hydrogens (tertiary/aromatic N) is 2. The minimum absolute atomic E-state index is 0.608. The Morgan fingerprint density at radius 3 is 2.15 bits per heavy atom. The highest BCUT2D eigenvalue weighted by molar-refractivity contribution is 5.49. The second-order valence-corrected chi connectivity index (χ2v) is 8.52. The maximum absolute atomic E-state index is 2.72. The van der Waals surface area contributed by atoms with Crippen LogP contribution in [-0.4, -0.2) is 42.7 Å². The molecule has 0 N–H and O–H groups in total. The summed E-state index contributed by atoms with van der Waals surface area (Å²) >= 11 is 0. The lowest BCUT2D eigenvalue weighted by atomic mass is 10.1. The van der Waals surface area contributed by atoms with E-state index in [2.05, 4.69) is 73.3 Å². The van der Waals surface area contributed by atoms with Gasteiger partial charge in [-0.2, -0.15) is 0 Å². The maximum atomic E-state index is 2.72. The van der Waals surface area contributed by atoms with Gasteiger partial charge < -0.3 is 9.38 Å². The molecule has 0 spiro atoms. The zero-order chi connectivity index (χ0) is 18.7. The molecular formula is C25H35N2+. The van der Waals surface area contributed by atoms with Gasteiger partial charge in [-0.3, -0.25) is 0 Å². The van der Waals surface area contributed by atoms with Crippen LogP contribution in [0.3, 0.4) is 0 Å². The van der Waals surface area contributed by atoms with Crippen LogP contribution >= 0.6 is 0 Å². The third-order valence-electron chi connectivity index (χ3n) is 7.44. The number of para-hydroxylation sites is 1. The first-order chi connectivity index (χ1) is 13.3. The van der Waals surface area contributed by atoms with Crippen molar-refractivity contribution >= 4 is 5.69 Å². The molecule has 2 aromatic rings. The molecule has 1 aliphatic carbocycles. The Balaban J connectivity index is 1.52.